The fourth-order valence-corrected chi connectivity index (χ4v) is 7.02. The van der Waals surface area contributed by atoms with Crippen LogP contribution in [0.2, 0.25) is 30.1 Å². The van der Waals surface area contributed by atoms with E-state index in [0.29, 0.717) is 39.9 Å². The molecule has 0 radical (unpaired) electrons. The summed E-state index contributed by atoms with van der Waals surface area (Å²) in [6, 6.07) is 16.4. The van der Waals surface area contributed by atoms with Crippen LogP contribution in [0.15, 0.2) is 69.3 Å². The molecular formula is C21H14Cl6O2S. The van der Waals surface area contributed by atoms with Crippen molar-refractivity contribution in [3.63, 3.8) is 0 Å². The number of carboxylic acid groups (broad SMARTS) is 1. The minimum absolute atomic E-state index is 0.111. The van der Waals surface area contributed by atoms with Gasteiger partial charge in [0.15, 0.2) is 4.90 Å². The Morgan fingerprint density at radius 1 is 0.767 bits per heavy atom. The van der Waals surface area contributed by atoms with E-state index >= 15 is 0 Å². The van der Waals surface area contributed by atoms with E-state index in [1.54, 1.807) is 24.3 Å². The van der Waals surface area contributed by atoms with Gasteiger partial charge < -0.3 is 9.90 Å². The van der Waals surface area contributed by atoms with Gasteiger partial charge in [0.1, 0.15) is 10.9 Å². The highest BCUT2D eigenvalue weighted by molar-refractivity contribution is 7.97. The van der Waals surface area contributed by atoms with Gasteiger partial charge in [-0.3, -0.25) is 0 Å². The lowest BCUT2D eigenvalue weighted by molar-refractivity contribution is -0.305. The largest absolute Gasteiger partial charge is 0.550 e. The molecule has 30 heavy (non-hydrogen) atoms. The number of rotatable bonds is 4. The molecule has 0 unspecified atom stereocenters. The first kappa shape index (κ1) is 25.5. The quantitative estimate of drug-likeness (QED) is 0.315. The molecule has 0 N–H and O–H groups in total. The van der Waals surface area contributed by atoms with Crippen molar-refractivity contribution in [2.75, 3.05) is 0 Å². The molecule has 0 saturated heterocycles. The van der Waals surface area contributed by atoms with Crippen molar-refractivity contribution in [2.45, 2.75) is 28.0 Å². The lowest BCUT2D eigenvalue weighted by Crippen LogP contribution is -2.19. The Balaban J connectivity index is 0.000000575. The number of hydrogen-bond acceptors (Lipinski definition) is 2. The molecule has 0 bridgehead atoms. The number of hydrogen-bond donors (Lipinski definition) is 0. The van der Waals surface area contributed by atoms with Crippen LogP contribution in [0.4, 0.5) is 0 Å². The SMILES string of the molecule is CCC(=O)[O-].Clc1cc(Cl)c([S+](c2ccccc2)c2c(Cl)cc(Cl)cc2Cl)c(Cl)c1. The minimum Gasteiger partial charge on any atom is -0.550 e. The van der Waals surface area contributed by atoms with Crippen LogP contribution >= 0.6 is 69.6 Å². The van der Waals surface area contributed by atoms with Crippen LogP contribution in [-0.4, -0.2) is 5.97 Å². The standard InChI is InChI=1S/C18H9Cl6S.C3H6O2/c19-10-6-13(21)17(14(22)7-10)25(12-4-2-1-3-5-12)18-15(23)8-11(20)9-16(18)24;1-2-3(4)5/h1-9H;2H2,1H3,(H,4,5)/q+1;/p-1. The second-order valence-electron chi connectivity index (χ2n) is 5.74. The third-order valence-electron chi connectivity index (χ3n) is 3.60. The molecule has 0 spiro atoms. The summed E-state index contributed by atoms with van der Waals surface area (Å²) in [7, 11) is -0.723. The first-order chi connectivity index (χ1) is 14.1. The van der Waals surface area contributed by atoms with Gasteiger partial charge in [0.25, 0.3) is 0 Å². The van der Waals surface area contributed by atoms with Crippen LogP contribution in [0.1, 0.15) is 13.3 Å². The molecule has 0 aliphatic rings. The summed E-state index contributed by atoms with van der Waals surface area (Å²) in [5.41, 5.74) is 0. The van der Waals surface area contributed by atoms with Crippen LogP contribution in [0.25, 0.3) is 0 Å². The molecular weight excluding hydrogens is 529 g/mol. The van der Waals surface area contributed by atoms with Crippen molar-refractivity contribution in [2.24, 2.45) is 0 Å². The van der Waals surface area contributed by atoms with E-state index in [2.05, 4.69) is 0 Å². The average Bonchev–Trinajstić information content (AvgIpc) is 2.66. The summed E-state index contributed by atoms with van der Waals surface area (Å²) < 4.78 is 0. The molecule has 2 nitrogen and oxygen atoms in total. The summed E-state index contributed by atoms with van der Waals surface area (Å²) in [5, 5.41) is 12.0. The van der Waals surface area contributed by atoms with Crippen molar-refractivity contribution >= 4 is 86.5 Å². The summed E-state index contributed by atoms with van der Waals surface area (Å²) in [4.78, 5) is 11.7. The highest BCUT2D eigenvalue weighted by atomic mass is 35.5. The van der Waals surface area contributed by atoms with Gasteiger partial charge in [-0.15, -0.1) is 0 Å². The third-order valence-corrected chi connectivity index (χ3v) is 8.12. The highest BCUT2D eigenvalue weighted by Gasteiger charge is 2.38. The van der Waals surface area contributed by atoms with E-state index in [4.69, 9.17) is 69.6 Å². The predicted molar refractivity (Wildman–Crippen MR) is 127 cm³/mol. The Morgan fingerprint density at radius 3 is 1.40 bits per heavy atom. The number of aliphatic carboxylic acids is 1. The van der Waals surface area contributed by atoms with Gasteiger partial charge in [-0.2, -0.15) is 0 Å². The Labute approximate surface area is 208 Å². The molecule has 0 saturated carbocycles. The van der Waals surface area contributed by atoms with Gasteiger partial charge in [-0.1, -0.05) is 94.7 Å². The van der Waals surface area contributed by atoms with E-state index in [1.165, 1.54) is 6.92 Å². The summed E-state index contributed by atoms with van der Waals surface area (Å²) >= 11 is 38.1. The molecule has 0 aliphatic carbocycles. The van der Waals surface area contributed by atoms with E-state index in [-0.39, 0.29) is 6.42 Å². The smallest absolute Gasteiger partial charge is 0.203 e. The fraction of sp³-hybridized carbons (Fsp3) is 0.0952. The molecule has 9 heteroatoms. The molecule has 0 atom stereocenters. The average molecular weight is 543 g/mol. The second kappa shape index (κ2) is 11.7. The zero-order valence-electron chi connectivity index (χ0n) is 15.4. The Hall–Kier alpha value is -0.780. The molecule has 0 amide bonds. The zero-order valence-corrected chi connectivity index (χ0v) is 20.7. The van der Waals surface area contributed by atoms with Crippen LogP contribution in [-0.2, 0) is 15.7 Å². The van der Waals surface area contributed by atoms with Gasteiger partial charge >= 0.3 is 0 Å². The topological polar surface area (TPSA) is 40.1 Å². The maximum atomic E-state index is 9.26. The summed E-state index contributed by atoms with van der Waals surface area (Å²) in [5.74, 6) is -0.995. The maximum Gasteiger partial charge on any atom is 0.203 e. The van der Waals surface area contributed by atoms with Gasteiger partial charge in [-0.25, -0.2) is 0 Å². The van der Waals surface area contributed by atoms with Crippen molar-refractivity contribution in [1.82, 2.24) is 0 Å². The first-order valence-electron chi connectivity index (χ1n) is 8.44. The third kappa shape index (κ3) is 6.61. The van der Waals surface area contributed by atoms with E-state index in [0.717, 1.165) is 4.90 Å². The minimum atomic E-state index is -0.995. The Kier molecular flexibility index (Phi) is 9.96. The molecule has 0 heterocycles. The molecule has 3 aromatic carbocycles. The number of carboxylic acids is 1. The van der Waals surface area contributed by atoms with E-state index in [1.807, 2.05) is 30.3 Å². The van der Waals surface area contributed by atoms with Gasteiger partial charge in [-0.05, 0) is 42.8 Å². The van der Waals surface area contributed by atoms with Gasteiger partial charge in [0, 0.05) is 16.0 Å². The maximum absolute atomic E-state index is 9.26. The highest BCUT2D eigenvalue weighted by Crippen LogP contribution is 2.46. The van der Waals surface area contributed by atoms with Crippen LogP contribution in [0.5, 0.6) is 0 Å². The van der Waals surface area contributed by atoms with Gasteiger partial charge in [0.05, 0.1) is 20.1 Å². The van der Waals surface area contributed by atoms with Crippen molar-refractivity contribution < 1.29 is 9.90 Å². The van der Waals surface area contributed by atoms with E-state index in [9.17, 15) is 9.90 Å². The van der Waals surface area contributed by atoms with Crippen LogP contribution in [0, 0.1) is 0 Å². The Morgan fingerprint density at radius 2 is 1.10 bits per heavy atom. The van der Waals surface area contributed by atoms with Gasteiger partial charge in [0.2, 0.25) is 9.79 Å². The normalized spacial score (nSPS) is 10.5. The molecule has 3 rings (SSSR count). The molecule has 0 aromatic heterocycles. The molecule has 0 aliphatic heterocycles. The monoisotopic (exact) mass is 540 g/mol. The van der Waals surface area contributed by atoms with Crippen LogP contribution in [0.3, 0.4) is 0 Å². The molecule has 158 valence electrons. The van der Waals surface area contributed by atoms with Crippen molar-refractivity contribution in [3.8, 4) is 0 Å². The summed E-state index contributed by atoms with van der Waals surface area (Å²) in [6.07, 6.45) is 0.111. The molecule has 3 aromatic rings. The first-order valence-corrected chi connectivity index (χ1v) is 11.9. The fourth-order valence-electron chi connectivity index (χ4n) is 2.34. The number of benzene rings is 3. The van der Waals surface area contributed by atoms with E-state index < -0.39 is 16.9 Å². The lowest BCUT2D eigenvalue weighted by atomic mass is 10.3. The van der Waals surface area contributed by atoms with Crippen molar-refractivity contribution in [1.29, 1.82) is 0 Å². The lowest BCUT2D eigenvalue weighted by Gasteiger charge is -2.13. The second-order valence-corrected chi connectivity index (χ2v) is 10.1. The Bertz CT molecular complexity index is 939. The summed E-state index contributed by atoms with van der Waals surface area (Å²) in [6.45, 7) is 1.54. The van der Waals surface area contributed by atoms with Crippen molar-refractivity contribution in [3.05, 3.63) is 84.7 Å². The number of carbonyl (C=O) groups is 1. The van der Waals surface area contributed by atoms with Crippen LogP contribution < -0.4 is 5.11 Å². The molecule has 0 fully saturated rings. The zero-order chi connectivity index (χ0) is 22.4. The number of carbonyl (C=O) groups excluding carboxylic acids is 1. The number of halogens is 6. The predicted octanol–water partition coefficient (Wildman–Crippen LogP) is 7.85.